The van der Waals surface area contributed by atoms with E-state index >= 15 is 0 Å². The van der Waals surface area contributed by atoms with Crippen LogP contribution in [0.4, 0.5) is 0 Å². The molecule has 5 rings (SSSR count). The molecule has 8 N–H and O–H groups in total. The summed E-state index contributed by atoms with van der Waals surface area (Å²) in [6.45, 7) is 26.3. The second kappa shape index (κ2) is 34.8. The molecular weight excluding hydrogens is 1090 g/mol. The number of likely N-dealkylation sites (tertiary alicyclic amines) is 2. The van der Waals surface area contributed by atoms with Gasteiger partial charge in [0.05, 0.1) is 12.1 Å². The molecule has 6 unspecified atom stereocenters. The van der Waals surface area contributed by atoms with Gasteiger partial charge >= 0.3 is 11.9 Å². The van der Waals surface area contributed by atoms with Crippen LogP contribution in [0.5, 0.6) is 0 Å². The Morgan fingerprint density at radius 3 is 1.34 bits per heavy atom. The molecule has 7 amide bonds. The molecule has 21 heteroatoms. The van der Waals surface area contributed by atoms with Crippen LogP contribution in [0.15, 0.2) is 30.3 Å². The highest BCUT2D eigenvalue weighted by molar-refractivity contribution is 5.96. The molecule has 1 aromatic rings. The van der Waals surface area contributed by atoms with E-state index in [0.29, 0.717) is 51.4 Å². The van der Waals surface area contributed by atoms with E-state index in [-0.39, 0.29) is 94.7 Å². The number of carbonyl (C=O) groups is 8. The van der Waals surface area contributed by atoms with Gasteiger partial charge in [-0.1, -0.05) is 133 Å². The van der Waals surface area contributed by atoms with E-state index < -0.39 is 54.3 Å². The van der Waals surface area contributed by atoms with Crippen molar-refractivity contribution in [3.05, 3.63) is 35.9 Å². The van der Waals surface area contributed by atoms with Gasteiger partial charge < -0.3 is 51.5 Å². The van der Waals surface area contributed by atoms with E-state index in [2.05, 4.69) is 27.9 Å². The molecule has 0 aromatic heterocycles. The Hall–Kier alpha value is -5.67. The normalized spacial score (nSPS) is 22.7. The van der Waals surface area contributed by atoms with Gasteiger partial charge in [-0.05, 0) is 121 Å². The third kappa shape index (κ3) is 20.5. The number of aliphatic hydroxyl groups excluding tert-OH is 1. The van der Waals surface area contributed by atoms with Crippen molar-refractivity contribution in [1.29, 1.82) is 0 Å². The number of nitrogens with one attached hydrogen (secondary N) is 4. The number of hydrogen-bond acceptors (Lipinski definition) is 11. The van der Waals surface area contributed by atoms with E-state index in [4.69, 9.17) is 5.73 Å². The highest BCUT2D eigenvalue weighted by Gasteiger charge is 2.46. The van der Waals surface area contributed by atoms with E-state index in [1.165, 1.54) is 34.0 Å². The minimum absolute atomic E-state index is 0.0424. The first-order valence-electron chi connectivity index (χ1n) is 31.9. The molecule has 488 valence electrons. The molecular formula is C65H114N11O10+. The first kappa shape index (κ1) is 74.6. The molecule has 0 bridgehead atoms. The number of hydrogen-bond donors (Lipinski definition) is 7. The average molecular weight is 1210 g/mol. The minimum atomic E-state index is -1.02. The number of carboxylic acids is 1. The number of nitrogens with two attached hydrogens (primary N) is 1. The van der Waals surface area contributed by atoms with Crippen molar-refractivity contribution in [3.8, 4) is 0 Å². The molecule has 0 spiro atoms. The van der Waals surface area contributed by atoms with Crippen molar-refractivity contribution < 1.29 is 53.6 Å². The summed E-state index contributed by atoms with van der Waals surface area (Å²) in [5, 5.41) is 29.4. The van der Waals surface area contributed by atoms with Crippen LogP contribution in [-0.2, 0) is 44.9 Å². The Morgan fingerprint density at radius 1 is 0.558 bits per heavy atom. The molecule has 2 saturated heterocycles. The van der Waals surface area contributed by atoms with Crippen LogP contribution >= 0.6 is 0 Å². The third-order valence-corrected chi connectivity index (χ3v) is 17.8. The van der Waals surface area contributed by atoms with Crippen LogP contribution in [0, 0.1) is 47.3 Å². The maximum absolute atomic E-state index is 14.2. The van der Waals surface area contributed by atoms with Crippen molar-refractivity contribution >= 4 is 53.2 Å². The summed E-state index contributed by atoms with van der Waals surface area (Å²) < 4.78 is 0. The lowest BCUT2D eigenvalue weighted by Gasteiger charge is -2.38. The first-order chi connectivity index (χ1) is 40.2. The highest BCUT2D eigenvalue weighted by atomic mass is 16.4. The fourth-order valence-corrected chi connectivity index (χ4v) is 13.0. The Bertz CT molecular complexity index is 2370. The minimum Gasteiger partial charge on any atom is -0.480 e. The number of carboxylic acid groups (broad SMARTS) is 1. The van der Waals surface area contributed by atoms with Crippen LogP contribution in [0.25, 0.3) is 0 Å². The number of aliphatic carboxylic acids is 1. The molecule has 2 aliphatic carbocycles. The number of benzene rings is 1. The Morgan fingerprint density at radius 2 is 0.977 bits per heavy atom. The molecule has 1 aromatic carbocycles. The van der Waals surface area contributed by atoms with Gasteiger partial charge in [0.15, 0.2) is 6.54 Å². The smallest absolute Gasteiger partial charge is 0.337 e. The standard InChI is InChI=1S/C36H58N6O5.C23H42N4O5.C6H13N/c1-22(2)29(39-34(45)30(23(3)4)40(7)8)35(46)41(9)31(24(5)6)36(47)42-20-14-19-28(42)33(44)38-27-18-13-17-26(27)32(43)37-21-25-15-11-10-12-16-25;1-13(2)17(24-20(28)18(14(3)4)25(7)8)21(29)26(9)19(15(5)6)22(30)27-12-10-11-16(27)23(31)32;1-5-3-2-4-6(5)7/h10-12,15-16,22-24,26-31H,13-14,17-21H2,1-9H3,(H,37,43)(H,38,44)(H,39,45);13-19H,10-12H2,1-9H3,(H,24,28)(H,31,32);5-6H,2-4,7H2,1H3/p+1/t26?,27?,28-,29?,30-,31-;16-,17?,18-,19-;/m00./s1. The highest BCUT2D eigenvalue weighted by Crippen LogP contribution is 2.29. The monoisotopic (exact) mass is 1210 g/mol. The second-order valence-electron chi connectivity index (χ2n) is 27.2. The maximum atomic E-state index is 14.2. The Kier molecular flexibility index (Phi) is 30.1. The van der Waals surface area contributed by atoms with Crippen molar-refractivity contribution in [3.63, 3.8) is 0 Å². The summed E-state index contributed by atoms with van der Waals surface area (Å²) in [6, 6.07) is 4.58. The zero-order valence-corrected chi connectivity index (χ0v) is 55.9. The molecule has 2 aliphatic heterocycles. The summed E-state index contributed by atoms with van der Waals surface area (Å²) in [4.78, 5) is 119. The lowest BCUT2D eigenvalue weighted by molar-refractivity contribution is -0.487. The maximum Gasteiger partial charge on any atom is 0.337 e. The summed E-state index contributed by atoms with van der Waals surface area (Å²) in [5.41, 5.74) is 6.73. The fourth-order valence-electron chi connectivity index (χ4n) is 13.0. The number of carbonyl (C=O) groups excluding carboxylic acids is 7. The van der Waals surface area contributed by atoms with Gasteiger partial charge in [-0.25, -0.2) is 9.79 Å². The third-order valence-electron chi connectivity index (χ3n) is 17.8. The molecule has 86 heavy (non-hydrogen) atoms. The SMILES string of the molecule is CC(C)C(NC(=O)[C@H](C(C)C)N(C)C)C(=O)N(C)[C@H](C(=O)N1CCC[C@H]1C(=O)NC1CCCC1C(O)=[NH+]Cc1ccccc1)C(C)C.CC(C)C(NC(=O)[C@H](C(C)C)N(C)C)C(=O)N(C)[C@H](C(=O)N1CCC[C@H]1C(=O)O)C(C)C.CC1CCCC1N. The first-order valence-corrected chi connectivity index (χ1v) is 31.9. The van der Waals surface area contributed by atoms with Gasteiger partial charge in [-0.2, -0.15) is 0 Å². The zero-order chi connectivity index (χ0) is 65.2. The number of aliphatic hydroxyl groups is 1. The molecule has 0 radical (unpaired) electrons. The van der Waals surface area contributed by atoms with Crippen molar-refractivity contribution in [2.24, 2.45) is 53.1 Å². The largest absolute Gasteiger partial charge is 0.480 e. The van der Waals surface area contributed by atoms with Crippen LogP contribution in [0.2, 0.25) is 0 Å². The average Bonchev–Trinajstić information content (AvgIpc) is 2.19. The quantitative estimate of drug-likeness (QED) is 0.0568. The molecule has 2 heterocycles. The van der Waals surface area contributed by atoms with Crippen molar-refractivity contribution in [2.75, 3.05) is 55.4 Å². The zero-order valence-electron chi connectivity index (χ0n) is 55.9. The summed E-state index contributed by atoms with van der Waals surface area (Å²) in [7, 11) is 10.5. The summed E-state index contributed by atoms with van der Waals surface area (Å²) >= 11 is 0. The summed E-state index contributed by atoms with van der Waals surface area (Å²) in [5.74, 6) is -3.01. The molecule has 21 nitrogen and oxygen atoms in total. The number of rotatable bonds is 24. The Balaban J connectivity index is 0.000000426. The predicted molar refractivity (Wildman–Crippen MR) is 337 cm³/mol. The van der Waals surface area contributed by atoms with Gasteiger partial charge in [-0.3, -0.25) is 43.4 Å². The summed E-state index contributed by atoms with van der Waals surface area (Å²) in [6.07, 6.45) is 8.58. The number of likely N-dealkylation sites (N-methyl/N-ethyl adjacent to an activating group) is 4. The van der Waals surface area contributed by atoms with E-state index in [1.807, 2.05) is 151 Å². The van der Waals surface area contributed by atoms with Gasteiger partial charge in [0, 0.05) is 44.8 Å². The fraction of sp³-hybridized carbons (Fsp3) is 0.769. The lowest BCUT2D eigenvalue weighted by atomic mass is 9.96. The van der Waals surface area contributed by atoms with Crippen LogP contribution in [-0.4, -0.2) is 209 Å². The molecule has 2 saturated carbocycles. The molecule has 4 fully saturated rings. The van der Waals surface area contributed by atoms with Crippen molar-refractivity contribution in [2.45, 2.75) is 221 Å². The van der Waals surface area contributed by atoms with E-state index in [1.54, 1.807) is 19.0 Å². The van der Waals surface area contributed by atoms with Crippen LogP contribution < -0.4 is 26.7 Å². The second-order valence-corrected chi connectivity index (χ2v) is 27.2. The predicted octanol–water partition coefficient (Wildman–Crippen LogP) is 4.12. The van der Waals surface area contributed by atoms with Gasteiger partial charge in [0.1, 0.15) is 42.2 Å². The van der Waals surface area contributed by atoms with Crippen LogP contribution in [0.3, 0.4) is 0 Å². The van der Waals surface area contributed by atoms with Crippen LogP contribution in [0.1, 0.15) is 160 Å². The lowest BCUT2D eigenvalue weighted by Crippen LogP contribution is -2.73. The van der Waals surface area contributed by atoms with Crippen molar-refractivity contribution in [1.82, 2.24) is 45.3 Å². The van der Waals surface area contributed by atoms with Gasteiger partial charge in [0.2, 0.25) is 41.4 Å². The number of nitrogens with zero attached hydrogens (tertiary/aromatic N) is 6. The van der Waals surface area contributed by atoms with Gasteiger partial charge in [-0.15, -0.1) is 0 Å². The molecule has 4 aliphatic rings. The van der Waals surface area contributed by atoms with E-state index in [0.717, 1.165) is 30.7 Å². The van der Waals surface area contributed by atoms with Gasteiger partial charge in [0.25, 0.3) is 0 Å². The topological polar surface area (TPSA) is 273 Å². The molecule has 12 atom stereocenters. The Labute approximate surface area is 515 Å². The number of amides is 7. The van der Waals surface area contributed by atoms with E-state index in [9.17, 15) is 48.6 Å².